The standard InChI is InChI=1S/C10H18N2O3/c1-11-5-3-8-10(7-11,4-6-13)12(2)9(14)15-8/h8,13H,3-7H2,1-2H3. The second-order valence-electron chi connectivity index (χ2n) is 4.54. The monoisotopic (exact) mass is 214 g/mol. The molecule has 0 aromatic carbocycles. The molecule has 0 aromatic heterocycles. The third-order valence-electron chi connectivity index (χ3n) is 3.65. The smallest absolute Gasteiger partial charge is 0.410 e. The molecule has 2 aliphatic heterocycles. The van der Waals surface area contributed by atoms with Gasteiger partial charge in [-0.25, -0.2) is 4.79 Å². The average molecular weight is 214 g/mol. The molecule has 2 unspecified atom stereocenters. The average Bonchev–Trinajstić information content (AvgIpc) is 2.42. The molecule has 0 saturated carbocycles. The van der Waals surface area contributed by atoms with Gasteiger partial charge in [0.05, 0.1) is 5.54 Å². The Kier molecular flexibility index (Phi) is 2.60. The van der Waals surface area contributed by atoms with Crippen molar-refractivity contribution in [3.05, 3.63) is 0 Å². The molecular weight excluding hydrogens is 196 g/mol. The summed E-state index contributed by atoms with van der Waals surface area (Å²) in [5.41, 5.74) is -0.321. The van der Waals surface area contributed by atoms with E-state index in [0.717, 1.165) is 19.5 Å². The summed E-state index contributed by atoms with van der Waals surface area (Å²) in [6.07, 6.45) is 1.12. The molecule has 0 spiro atoms. The predicted molar refractivity (Wildman–Crippen MR) is 54.6 cm³/mol. The van der Waals surface area contributed by atoms with Gasteiger partial charge in [-0.1, -0.05) is 0 Å². The second kappa shape index (κ2) is 3.64. The minimum absolute atomic E-state index is 0.0571. The number of hydrogen-bond acceptors (Lipinski definition) is 4. The number of carbonyl (C=O) groups is 1. The molecule has 1 N–H and O–H groups in total. The first-order chi connectivity index (χ1) is 7.10. The summed E-state index contributed by atoms with van der Waals surface area (Å²) >= 11 is 0. The molecule has 15 heavy (non-hydrogen) atoms. The van der Waals surface area contributed by atoms with Gasteiger partial charge >= 0.3 is 6.09 Å². The molecule has 2 heterocycles. The lowest BCUT2D eigenvalue weighted by Gasteiger charge is -2.43. The highest BCUT2D eigenvalue weighted by Gasteiger charge is 2.54. The van der Waals surface area contributed by atoms with Crippen LogP contribution >= 0.6 is 0 Å². The van der Waals surface area contributed by atoms with Crippen LogP contribution in [0.3, 0.4) is 0 Å². The van der Waals surface area contributed by atoms with Crippen LogP contribution in [0.25, 0.3) is 0 Å². The number of rotatable bonds is 2. The van der Waals surface area contributed by atoms with Crippen LogP contribution < -0.4 is 0 Å². The zero-order chi connectivity index (χ0) is 11.1. The molecule has 5 heteroatoms. The van der Waals surface area contributed by atoms with E-state index in [1.807, 2.05) is 7.05 Å². The van der Waals surface area contributed by atoms with Crippen LogP contribution in [0.15, 0.2) is 0 Å². The summed E-state index contributed by atoms with van der Waals surface area (Å²) in [5.74, 6) is 0. The lowest BCUT2D eigenvalue weighted by molar-refractivity contribution is 0.00867. The zero-order valence-corrected chi connectivity index (χ0v) is 9.27. The van der Waals surface area contributed by atoms with Crippen LogP contribution in [0.1, 0.15) is 12.8 Å². The lowest BCUT2D eigenvalue weighted by Crippen LogP contribution is -2.60. The van der Waals surface area contributed by atoms with Crippen molar-refractivity contribution < 1.29 is 14.6 Å². The number of hydrogen-bond donors (Lipinski definition) is 1. The highest BCUT2D eigenvalue weighted by molar-refractivity contribution is 5.71. The number of carbonyl (C=O) groups excluding carboxylic acids is 1. The van der Waals surface area contributed by atoms with E-state index in [1.54, 1.807) is 11.9 Å². The SMILES string of the molecule is CN1CCC2OC(=O)N(C)C2(CCO)C1. The minimum Gasteiger partial charge on any atom is -0.443 e. The fourth-order valence-electron chi connectivity index (χ4n) is 2.73. The Morgan fingerprint density at radius 1 is 1.60 bits per heavy atom. The predicted octanol–water partition coefficient (Wildman–Crippen LogP) is -0.106. The van der Waals surface area contributed by atoms with Crippen molar-refractivity contribution >= 4 is 6.09 Å². The van der Waals surface area contributed by atoms with E-state index in [0.29, 0.717) is 6.42 Å². The second-order valence-corrected chi connectivity index (χ2v) is 4.54. The van der Waals surface area contributed by atoms with Crippen molar-refractivity contribution in [2.75, 3.05) is 33.8 Å². The molecule has 0 aliphatic carbocycles. The first-order valence-electron chi connectivity index (χ1n) is 5.34. The fraction of sp³-hybridized carbons (Fsp3) is 0.900. The molecule has 0 aromatic rings. The van der Waals surface area contributed by atoms with Crippen LogP contribution in [0.2, 0.25) is 0 Å². The van der Waals surface area contributed by atoms with Gasteiger partial charge in [-0.05, 0) is 19.9 Å². The number of fused-ring (bicyclic) bond motifs is 1. The lowest BCUT2D eigenvalue weighted by atomic mass is 9.83. The normalized spacial score (nSPS) is 36.6. The first kappa shape index (κ1) is 10.7. The Balaban J connectivity index is 2.26. The van der Waals surface area contributed by atoms with Crippen molar-refractivity contribution in [3.63, 3.8) is 0 Å². The summed E-state index contributed by atoms with van der Waals surface area (Å²) in [5, 5.41) is 9.14. The summed E-state index contributed by atoms with van der Waals surface area (Å²) < 4.78 is 5.33. The highest BCUT2D eigenvalue weighted by Crippen LogP contribution is 2.37. The first-order valence-corrected chi connectivity index (χ1v) is 5.34. The number of amides is 1. The van der Waals surface area contributed by atoms with Gasteiger partial charge in [-0.15, -0.1) is 0 Å². The van der Waals surface area contributed by atoms with E-state index in [1.165, 1.54) is 0 Å². The summed E-state index contributed by atoms with van der Waals surface area (Å²) in [6, 6.07) is 0. The topological polar surface area (TPSA) is 53.0 Å². The zero-order valence-electron chi connectivity index (χ0n) is 9.27. The quantitative estimate of drug-likeness (QED) is 0.697. The van der Waals surface area contributed by atoms with Crippen LogP contribution in [0, 0.1) is 0 Å². The van der Waals surface area contributed by atoms with Gasteiger partial charge in [-0.3, -0.25) is 0 Å². The van der Waals surface area contributed by atoms with E-state index in [-0.39, 0.29) is 24.3 Å². The maximum Gasteiger partial charge on any atom is 0.410 e. The van der Waals surface area contributed by atoms with Crippen molar-refractivity contribution in [3.8, 4) is 0 Å². The largest absolute Gasteiger partial charge is 0.443 e. The number of aliphatic hydroxyl groups is 1. The number of piperidine rings is 1. The number of likely N-dealkylation sites (N-methyl/N-ethyl adjacent to an activating group) is 2. The molecule has 2 atom stereocenters. The van der Waals surface area contributed by atoms with E-state index < -0.39 is 0 Å². The molecular formula is C10H18N2O3. The number of likely N-dealkylation sites (tertiary alicyclic amines) is 1. The number of ether oxygens (including phenoxy) is 1. The fourth-order valence-corrected chi connectivity index (χ4v) is 2.73. The van der Waals surface area contributed by atoms with Crippen molar-refractivity contribution in [1.82, 2.24) is 9.80 Å². The molecule has 2 rings (SSSR count). The number of nitrogens with zero attached hydrogens (tertiary/aromatic N) is 2. The van der Waals surface area contributed by atoms with Gasteiger partial charge in [0, 0.05) is 26.7 Å². The third-order valence-corrected chi connectivity index (χ3v) is 3.65. The van der Waals surface area contributed by atoms with Crippen LogP contribution in [-0.2, 0) is 4.74 Å². The van der Waals surface area contributed by atoms with Crippen molar-refractivity contribution in [2.45, 2.75) is 24.5 Å². The summed E-state index contributed by atoms with van der Waals surface area (Å²) in [6.45, 7) is 1.81. The van der Waals surface area contributed by atoms with Gasteiger partial charge in [0.25, 0.3) is 0 Å². The van der Waals surface area contributed by atoms with Crippen molar-refractivity contribution in [2.24, 2.45) is 0 Å². The molecule has 0 bridgehead atoms. The Morgan fingerprint density at radius 2 is 2.33 bits per heavy atom. The van der Waals surface area contributed by atoms with Gasteiger partial charge in [-0.2, -0.15) is 0 Å². The summed E-state index contributed by atoms with van der Waals surface area (Å²) in [7, 11) is 3.79. The van der Waals surface area contributed by atoms with E-state index in [4.69, 9.17) is 9.84 Å². The summed E-state index contributed by atoms with van der Waals surface area (Å²) in [4.78, 5) is 15.4. The molecule has 2 saturated heterocycles. The van der Waals surface area contributed by atoms with Gasteiger partial charge in [0.1, 0.15) is 6.10 Å². The van der Waals surface area contributed by atoms with Gasteiger partial charge in [0.2, 0.25) is 0 Å². The maximum atomic E-state index is 11.5. The van der Waals surface area contributed by atoms with Gasteiger partial charge in [0.15, 0.2) is 0 Å². The highest BCUT2D eigenvalue weighted by atomic mass is 16.6. The van der Waals surface area contributed by atoms with Crippen LogP contribution in [0.4, 0.5) is 4.79 Å². The van der Waals surface area contributed by atoms with Crippen molar-refractivity contribution in [1.29, 1.82) is 0 Å². The Morgan fingerprint density at radius 3 is 3.00 bits per heavy atom. The molecule has 86 valence electrons. The minimum atomic E-state index is -0.321. The van der Waals surface area contributed by atoms with Gasteiger partial charge < -0.3 is 19.6 Å². The van der Waals surface area contributed by atoms with E-state index in [2.05, 4.69) is 4.90 Å². The molecule has 0 radical (unpaired) electrons. The Labute approximate surface area is 89.6 Å². The molecule has 1 amide bonds. The Hall–Kier alpha value is -0.810. The van der Waals surface area contributed by atoms with Crippen LogP contribution in [-0.4, -0.2) is 66.4 Å². The Bertz CT molecular complexity index is 271. The molecule has 2 fully saturated rings. The van der Waals surface area contributed by atoms with E-state index >= 15 is 0 Å². The molecule has 2 aliphatic rings. The molecule has 5 nitrogen and oxygen atoms in total. The van der Waals surface area contributed by atoms with Crippen LogP contribution in [0.5, 0.6) is 0 Å². The maximum absolute atomic E-state index is 11.5. The van der Waals surface area contributed by atoms with E-state index in [9.17, 15) is 4.79 Å². The number of aliphatic hydroxyl groups excluding tert-OH is 1. The third kappa shape index (κ3) is 1.50.